The molecule has 0 aliphatic rings. The number of carbonyl (C=O) groups excluding carboxylic acids is 2. The highest BCUT2D eigenvalue weighted by Crippen LogP contribution is 2.29. The maximum atomic E-state index is 12.5. The third kappa shape index (κ3) is 4.72. The van der Waals surface area contributed by atoms with Crippen LogP contribution in [0.25, 0.3) is 0 Å². The molecule has 0 spiro atoms. The minimum atomic E-state index is -0.879. The average molecular weight is 456 g/mol. The molecule has 1 amide bonds. The molecule has 11 heteroatoms. The molecule has 3 rings (SSSR count). The Morgan fingerprint density at radius 2 is 1.97 bits per heavy atom. The number of aryl methyl sites for hydroxylation is 1. The summed E-state index contributed by atoms with van der Waals surface area (Å²) in [4.78, 5) is 52.9. The van der Waals surface area contributed by atoms with Crippen LogP contribution in [-0.2, 0) is 22.5 Å². The molecule has 0 saturated carbocycles. The van der Waals surface area contributed by atoms with Crippen LogP contribution in [0.15, 0.2) is 46.7 Å². The predicted molar refractivity (Wildman–Crippen MR) is 119 cm³/mol. The molecule has 3 aromatic rings. The zero-order valence-corrected chi connectivity index (χ0v) is 18.4. The molecule has 0 fully saturated rings. The van der Waals surface area contributed by atoms with Crippen LogP contribution in [0.3, 0.4) is 0 Å². The fourth-order valence-corrected chi connectivity index (χ4v) is 3.93. The van der Waals surface area contributed by atoms with E-state index >= 15 is 0 Å². The summed E-state index contributed by atoms with van der Waals surface area (Å²) >= 11 is 1.19. The first-order chi connectivity index (χ1) is 15.2. The minimum Gasteiger partial charge on any atom is -0.465 e. The molecular weight excluding hydrogens is 436 g/mol. The van der Waals surface area contributed by atoms with Crippen molar-refractivity contribution >= 4 is 39.7 Å². The summed E-state index contributed by atoms with van der Waals surface area (Å²) < 4.78 is 5.63. The first-order valence-corrected chi connectivity index (χ1v) is 10.4. The summed E-state index contributed by atoms with van der Waals surface area (Å²) in [6.07, 6.45) is 2.06. The summed E-state index contributed by atoms with van der Waals surface area (Å²) in [7, 11) is 1.14. The fourth-order valence-electron chi connectivity index (χ4n) is 3.05. The maximum Gasteiger partial charge on any atom is 0.339 e. The number of anilines is 2. The lowest BCUT2D eigenvalue weighted by Crippen LogP contribution is -2.25. The molecular formula is C21H20N4O6S. The summed E-state index contributed by atoms with van der Waals surface area (Å²) in [5.41, 5.74) is 0.426. The highest BCUT2D eigenvalue weighted by atomic mass is 32.1. The molecule has 0 aliphatic heterocycles. The lowest BCUT2D eigenvalue weighted by Gasteiger charge is -2.18. The van der Waals surface area contributed by atoms with Crippen LogP contribution in [0.1, 0.15) is 35.5 Å². The molecule has 0 unspecified atom stereocenters. The van der Waals surface area contributed by atoms with E-state index in [1.165, 1.54) is 29.4 Å². The normalized spacial score (nSPS) is 10.6. The van der Waals surface area contributed by atoms with E-state index in [1.807, 2.05) is 31.2 Å². The van der Waals surface area contributed by atoms with E-state index in [0.29, 0.717) is 16.5 Å². The summed E-state index contributed by atoms with van der Waals surface area (Å²) in [6, 6.07) is 8.40. The number of esters is 1. The van der Waals surface area contributed by atoms with E-state index in [1.54, 1.807) is 5.38 Å². The first kappa shape index (κ1) is 22.8. The number of rotatable bonds is 7. The van der Waals surface area contributed by atoms with Crippen LogP contribution in [0, 0.1) is 10.1 Å². The van der Waals surface area contributed by atoms with Crippen LogP contribution in [0.4, 0.5) is 16.5 Å². The Bertz CT molecular complexity index is 1230. The van der Waals surface area contributed by atoms with Crippen LogP contribution >= 0.6 is 11.3 Å². The molecule has 2 heterocycles. The number of thiazole rings is 1. The summed E-state index contributed by atoms with van der Waals surface area (Å²) in [5, 5.41) is 13.3. The van der Waals surface area contributed by atoms with Gasteiger partial charge in [0.25, 0.3) is 0 Å². The van der Waals surface area contributed by atoms with Crippen molar-refractivity contribution < 1.29 is 19.2 Å². The maximum absolute atomic E-state index is 12.5. The molecule has 0 bridgehead atoms. The van der Waals surface area contributed by atoms with Crippen molar-refractivity contribution in [2.45, 2.75) is 26.8 Å². The van der Waals surface area contributed by atoms with E-state index in [2.05, 4.69) is 9.72 Å². The van der Waals surface area contributed by atoms with Gasteiger partial charge in [-0.05, 0) is 24.1 Å². The number of hydrogen-bond acceptors (Lipinski definition) is 8. The molecule has 0 atom stereocenters. The molecule has 0 aliphatic carbocycles. The number of methoxy groups -OCH3 is 1. The topological polar surface area (TPSA) is 125 Å². The van der Waals surface area contributed by atoms with Gasteiger partial charge in [0.1, 0.15) is 0 Å². The highest BCUT2D eigenvalue weighted by Gasteiger charge is 2.22. The quantitative estimate of drug-likeness (QED) is 0.303. The Kier molecular flexibility index (Phi) is 6.79. The van der Waals surface area contributed by atoms with Gasteiger partial charge < -0.3 is 9.30 Å². The molecule has 0 radical (unpaired) electrons. The lowest BCUT2D eigenvalue weighted by molar-refractivity contribution is -0.386. The van der Waals surface area contributed by atoms with E-state index in [-0.39, 0.29) is 18.0 Å². The first-order valence-electron chi connectivity index (χ1n) is 9.56. The van der Waals surface area contributed by atoms with Gasteiger partial charge in [0.2, 0.25) is 5.91 Å². The van der Waals surface area contributed by atoms with E-state index < -0.39 is 22.1 Å². The third-order valence-corrected chi connectivity index (χ3v) is 5.54. The smallest absolute Gasteiger partial charge is 0.339 e. The van der Waals surface area contributed by atoms with Gasteiger partial charge in [-0.2, -0.15) is 0 Å². The Balaban J connectivity index is 1.96. The largest absolute Gasteiger partial charge is 0.465 e. The van der Waals surface area contributed by atoms with Crippen molar-refractivity contribution in [2.24, 2.45) is 0 Å². The number of carbonyl (C=O) groups is 2. The molecule has 166 valence electrons. The second-order valence-electron chi connectivity index (χ2n) is 6.79. The van der Waals surface area contributed by atoms with Crippen molar-refractivity contribution in [1.82, 2.24) is 9.55 Å². The van der Waals surface area contributed by atoms with Crippen molar-refractivity contribution in [2.75, 3.05) is 12.0 Å². The predicted octanol–water partition coefficient (Wildman–Crippen LogP) is 3.29. The zero-order chi connectivity index (χ0) is 23.4. The van der Waals surface area contributed by atoms with Crippen molar-refractivity contribution in [1.29, 1.82) is 0 Å². The Morgan fingerprint density at radius 1 is 1.28 bits per heavy atom. The lowest BCUT2D eigenvalue weighted by atomic mass is 10.1. The molecule has 32 heavy (non-hydrogen) atoms. The molecule has 2 aromatic heterocycles. The average Bonchev–Trinajstić information content (AvgIpc) is 3.22. The molecule has 10 nitrogen and oxygen atoms in total. The van der Waals surface area contributed by atoms with E-state index in [9.17, 15) is 24.5 Å². The van der Waals surface area contributed by atoms with Crippen LogP contribution in [0.5, 0.6) is 0 Å². The number of nitro groups is 1. The summed E-state index contributed by atoms with van der Waals surface area (Å²) in [5.74, 6) is -1.05. The molecule has 1 aromatic carbocycles. The van der Waals surface area contributed by atoms with Gasteiger partial charge in [-0.15, -0.1) is 11.3 Å². The number of hydrogen-bond donors (Lipinski definition) is 0. The van der Waals surface area contributed by atoms with Gasteiger partial charge in [0.15, 0.2) is 5.13 Å². The minimum absolute atomic E-state index is 0.123. The summed E-state index contributed by atoms with van der Waals surface area (Å²) in [6.45, 7) is 3.33. The van der Waals surface area contributed by atoms with Gasteiger partial charge in [-0.1, -0.05) is 19.1 Å². The van der Waals surface area contributed by atoms with Crippen molar-refractivity contribution in [3.8, 4) is 0 Å². The number of ether oxygens (including phenoxy) is 1. The van der Waals surface area contributed by atoms with E-state index in [4.69, 9.17) is 0 Å². The van der Waals surface area contributed by atoms with Gasteiger partial charge in [-0.25, -0.2) is 9.78 Å². The standard InChI is InChI=1S/C21H20N4O6S/c1-4-14-5-7-17(8-6-14)24(13(2)26)21-22-16(12-32-21)11-23-10-15(20(28)31-3)9-18(19(23)27)25(29)30/h5-10,12H,4,11H2,1-3H3. The van der Waals surface area contributed by atoms with Crippen LogP contribution in [-0.4, -0.2) is 33.5 Å². The number of nitrogens with zero attached hydrogens (tertiary/aromatic N) is 4. The number of pyridine rings is 1. The SMILES string of the molecule is CCc1ccc(N(C(C)=O)c2nc(Cn3cc(C(=O)OC)cc([N+](=O)[O-])c3=O)cs2)cc1. The van der Waals surface area contributed by atoms with Gasteiger partial charge in [0, 0.05) is 24.6 Å². The Hall–Kier alpha value is -3.86. The second kappa shape index (κ2) is 9.52. The van der Waals surface area contributed by atoms with Gasteiger partial charge in [0.05, 0.1) is 35.5 Å². The number of amides is 1. The zero-order valence-electron chi connectivity index (χ0n) is 17.6. The molecule has 0 saturated heterocycles. The van der Waals surface area contributed by atoms with Crippen LogP contribution in [0.2, 0.25) is 0 Å². The monoisotopic (exact) mass is 456 g/mol. The Labute approximate surface area is 186 Å². The molecule has 0 N–H and O–H groups in total. The number of benzene rings is 1. The van der Waals surface area contributed by atoms with Crippen LogP contribution < -0.4 is 10.5 Å². The highest BCUT2D eigenvalue weighted by molar-refractivity contribution is 7.14. The van der Waals surface area contributed by atoms with E-state index in [0.717, 1.165) is 29.7 Å². The van der Waals surface area contributed by atoms with Crippen molar-refractivity contribution in [3.63, 3.8) is 0 Å². The fraction of sp³-hybridized carbons (Fsp3) is 0.238. The second-order valence-corrected chi connectivity index (χ2v) is 7.63. The Morgan fingerprint density at radius 3 is 2.53 bits per heavy atom. The van der Waals surface area contributed by atoms with Gasteiger partial charge >= 0.3 is 17.2 Å². The van der Waals surface area contributed by atoms with Gasteiger partial charge in [-0.3, -0.25) is 24.6 Å². The number of aromatic nitrogens is 2. The van der Waals surface area contributed by atoms with Crippen molar-refractivity contribution in [3.05, 3.63) is 79.2 Å². The third-order valence-electron chi connectivity index (χ3n) is 4.67.